The van der Waals surface area contributed by atoms with Crippen molar-refractivity contribution in [2.45, 2.75) is 0 Å². The summed E-state index contributed by atoms with van der Waals surface area (Å²) < 4.78 is 12.4. The van der Waals surface area contributed by atoms with E-state index in [9.17, 15) is 0 Å². The molecule has 0 aliphatic carbocycles. The highest BCUT2D eigenvalue weighted by Crippen LogP contribution is 2.41. The summed E-state index contributed by atoms with van der Waals surface area (Å²) in [5, 5.41) is 1.86. The number of benzene rings is 5. The molecular formula is C38H22N4O2. The SMILES string of the molecule is c1ccc(-c2nc3c(nc2-c2ccccc2-c2nc4oc5ccccc5c4nc2-c2ccccc2)oc2ccccc23)cc1. The van der Waals surface area contributed by atoms with Gasteiger partial charge in [0.15, 0.2) is 0 Å². The Morgan fingerprint density at radius 3 is 1.18 bits per heavy atom. The van der Waals surface area contributed by atoms with Crippen molar-refractivity contribution in [3.63, 3.8) is 0 Å². The molecule has 0 aliphatic rings. The summed E-state index contributed by atoms with van der Waals surface area (Å²) >= 11 is 0. The molecular weight excluding hydrogens is 544 g/mol. The Kier molecular flexibility index (Phi) is 5.40. The van der Waals surface area contributed by atoms with Crippen LogP contribution in [0.2, 0.25) is 0 Å². The van der Waals surface area contributed by atoms with Gasteiger partial charge in [0.1, 0.15) is 33.6 Å². The molecule has 206 valence electrons. The molecule has 0 saturated heterocycles. The molecule has 0 fully saturated rings. The maximum absolute atomic E-state index is 6.22. The Hall–Kier alpha value is -6.14. The van der Waals surface area contributed by atoms with Gasteiger partial charge in [-0.05, 0) is 24.3 Å². The van der Waals surface area contributed by atoms with Gasteiger partial charge in [-0.1, -0.05) is 109 Å². The van der Waals surface area contributed by atoms with E-state index in [1.165, 1.54) is 0 Å². The number of hydrogen-bond acceptors (Lipinski definition) is 6. The molecule has 0 unspecified atom stereocenters. The Labute approximate surface area is 251 Å². The molecule has 0 radical (unpaired) electrons. The smallest absolute Gasteiger partial charge is 0.246 e. The number of fused-ring (bicyclic) bond motifs is 6. The molecule has 9 rings (SSSR count). The molecule has 0 saturated carbocycles. The predicted octanol–water partition coefficient (Wildman–Crippen LogP) is 9.73. The Balaban J connectivity index is 1.36. The minimum absolute atomic E-state index is 0.484. The first-order valence-corrected chi connectivity index (χ1v) is 14.4. The van der Waals surface area contributed by atoms with Gasteiger partial charge in [-0.15, -0.1) is 0 Å². The summed E-state index contributed by atoms with van der Waals surface area (Å²) in [6.45, 7) is 0. The van der Waals surface area contributed by atoms with Gasteiger partial charge < -0.3 is 8.83 Å². The molecule has 4 aromatic heterocycles. The van der Waals surface area contributed by atoms with Crippen molar-refractivity contribution in [1.82, 2.24) is 19.9 Å². The van der Waals surface area contributed by atoms with Crippen LogP contribution in [-0.2, 0) is 0 Å². The van der Waals surface area contributed by atoms with Crippen LogP contribution < -0.4 is 0 Å². The summed E-state index contributed by atoms with van der Waals surface area (Å²) in [5.74, 6) is 0. The first-order valence-electron chi connectivity index (χ1n) is 14.4. The van der Waals surface area contributed by atoms with Gasteiger partial charge in [-0.3, -0.25) is 0 Å². The number of rotatable bonds is 4. The highest BCUT2D eigenvalue weighted by molar-refractivity contribution is 6.05. The number of hydrogen-bond donors (Lipinski definition) is 0. The molecule has 0 spiro atoms. The van der Waals surface area contributed by atoms with Crippen LogP contribution in [0.15, 0.2) is 142 Å². The fraction of sp³-hybridized carbons (Fsp3) is 0. The zero-order chi connectivity index (χ0) is 29.0. The third-order valence-corrected chi connectivity index (χ3v) is 7.96. The predicted molar refractivity (Wildman–Crippen MR) is 174 cm³/mol. The average Bonchev–Trinajstić information content (AvgIpc) is 3.65. The zero-order valence-electron chi connectivity index (χ0n) is 23.3. The lowest BCUT2D eigenvalue weighted by Gasteiger charge is -2.15. The van der Waals surface area contributed by atoms with Gasteiger partial charge in [0.2, 0.25) is 11.4 Å². The van der Waals surface area contributed by atoms with Crippen molar-refractivity contribution in [2.75, 3.05) is 0 Å². The van der Waals surface area contributed by atoms with Crippen LogP contribution in [0.5, 0.6) is 0 Å². The molecule has 0 amide bonds. The van der Waals surface area contributed by atoms with E-state index in [2.05, 4.69) is 36.4 Å². The monoisotopic (exact) mass is 566 g/mol. The van der Waals surface area contributed by atoms with Crippen molar-refractivity contribution >= 4 is 44.4 Å². The maximum Gasteiger partial charge on any atom is 0.246 e. The average molecular weight is 567 g/mol. The molecule has 0 N–H and O–H groups in total. The summed E-state index contributed by atoms with van der Waals surface area (Å²) in [6.07, 6.45) is 0. The van der Waals surface area contributed by atoms with E-state index in [1.807, 2.05) is 97.1 Å². The van der Waals surface area contributed by atoms with Crippen LogP contribution in [0.4, 0.5) is 0 Å². The van der Waals surface area contributed by atoms with Gasteiger partial charge in [0.25, 0.3) is 0 Å². The first kappa shape index (κ1) is 24.5. The Bertz CT molecular complexity index is 2320. The van der Waals surface area contributed by atoms with Crippen LogP contribution in [0.1, 0.15) is 0 Å². The van der Waals surface area contributed by atoms with Crippen LogP contribution in [0.25, 0.3) is 89.4 Å². The first-order chi connectivity index (χ1) is 21.8. The quantitative estimate of drug-likeness (QED) is 0.211. The lowest BCUT2D eigenvalue weighted by Crippen LogP contribution is -1.99. The topological polar surface area (TPSA) is 77.8 Å². The maximum atomic E-state index is 6.22. The summed E-state index contributed by atoms with van der Waals surface area (Å²) in [5.41, 5.74) is 10.5. The number of para-hydroxylation sites is 2. The van der Waals surface area contributed by atoms with Crippen LogP contribution in [-0.4, -0.2) is 19.9 Å². The van der Waals surface area contributed by atoms with E-state index in [-0.39, 0.29) is 0 Å². The third-order valence-electron chi connectivity index (χ3n) is 7.96. The minimum atomic E-state index is 0.484. The van der Waals surface area contributed by atoms with Crippen LogP contribution in [0, 0.1) is 0 Å². The van der Waals surface area contributed by atoms with E-state index < -0.39 is 0 Å². The summed E-state index contributed by atoms with van der Waals surface area (Å²) in [4.78, 5) is 20.7. The van der Waals surface area contributed by atoms with Crippen molar-refractivity contribution < 1.29 is 8.83 Å². The lowest BCUT2D eigenvalue weighted by atomic mass is 9.95. The Morgan fingerprint density at radius 2 is 0.727 bits per heavy atom. The fourth-order valence-corrected chi connectivity index (χ4v) is 5.91. The zero-order valence-corrected chi connectivity index (χ0v) is 23.3. The largest absolute Gasteiger partial charge is 0.436 e. The molecule has 0 aliphatic heterocycles. The van der Waals surface area contributed by atoms with Gasteiger partial charge in [0, 0.05) is 33.0 Å². The second-order valence-corrected chi connectivity index (χ2v) is 10.6. The van der Waals surface area contributed by atoms with Gasteiger partial charge in [0.05, 0.1) is 11.4 Å². The number of furan rings is 2. The van der Waals surface area contributed by atoms with E-state index in [4.69, 9.17) is 28.8 Å². The Morgan fingerprint density at radius 1 is 0.341 bits per heavy atom. The molecule has 6 nitrogen and oxygen atoms in total. The molecule has 4 heterocycles. The molecule has 44 heavy (non-hydrogen) atoms. The van der Waals surface area contributed by atoms with E-state index >= 15 is 0 Å². The lowest BCUT2D eigenvalue weighted by molar-refractivity contribution is 0.653. The van der Waals surface area contributed by atoms with Gasteiger partial charge in [-0.2, -0.15) is 0 Å². The molecule has 5 aromatic carbocycles. The molecule has 6 heteroatoms. The summed E-state index contributed by atoms with van der Waals surface area (Å²) in [6, 6.07) is 44.2. The summed E-state index contributed by atoms with van der Waals surface area (Å²) in [7, 11) is 0. The molecule has 9 aromatic rings. The van der Waals surface area contributed by atoms with Crippen molar-refractivity contribution in [3.8, 4) is 45.0 Å². The van der Waals surface area contributed by atoms with Crippen molar-refractivity contribution in [1.29, 1.82) is 0 Å². The van der Waals surface area contributed by atoms with E-state index in [0.29, 0.717) is 22.8 Å². The van der Waals surface area contributed by atoms with Crippen molar-refractivity contribution in [2.24, 2.45) is 0 Å². The van der Waals surface area contributed by atoms with Crippen LogP contribution in [0.3, 0.4) is 0 Å². The number of nitrogens with zero attached hydrogens (tertiary/aromatic N) is 4. The minimum Gasteiger partial charge on any atom is -0.436 e. The third kappa shape index (κ3) is 3.82. The normalized spacial score (nSPS) is 11.6. The highest BCUT2D eigenvalue weighted by atomic mass is 16.3. The standard InChI is InChI=1S/C38H22N4O2/c1-3-13-23(14-4-1)31-33(41-37-35(39-31)27-19-9-11-21-29(27)43-37)25-17-7-8-18-26(25)34-32(24-15-5-2-6-16-24)40-36-28-20-10-12-22-30(28)44-38(36)42-34/h1-22H. The highest BCUT2D eigenvalue weighted by Gasteiger charge is 2.24. The van der Waals surface area contributed by atoms with Gasteiger partial charge in [-0.25, -0.2) is 19.9 Å². The van der Waals surface area contributed by atoms with Gasteiger partial charge >= 0.3 is 0 Å². The molecule has 0 atom stereocenters. The number of aromatic nitrogens is 4. The van der Waals surface area contributed by atoms with E-state index in [0.717, 1.165) is 66.6 Å². The van der Waals surface area contributed by atoms with E-state index in [1.54, 1.807) is 0 Å². The van der Waals surface area contributed by atoms with Crippen LogP contribution >= 0.6 is 0 Å². The molecule has 0 bridgehead atoms. The second-order valence-electron chi connectivity index (χ2n) is 10.6. The van der Waals surface area contributed by atoms with Crippen molar-refractivity contribution in [3.05, 3.63) is 133 Å². The second kappa shape index (κ2) is 9.71. The fourth-order valence-electron chi connectivity index (χ4n) is 5.91.